The molecule has 3 saturated heterocycles. The number of likely N-dealkylation sites (tertiary alicyclic amines) is 1. The summed E-state index contributed by atoms with van der Waals surface area (Å²) in [6, 6.07) is -1.15. The molecule has 5 amide bonds. The summed E-state index contributed by atoms with van der Waals surface area (Å²) in [5.41, 5.74) is -0.482. The summed E-state index contributed by atoms with van der Waals surface area (Å²) in [6.07, 6.45) is 2.44. The van der Waals surface area contributed by atoms with Crippen LogP contribution in [0, 0.1) is 5.92 Å². The maximum atomic E-state index is 12.4. The lowest BCUT2D eigenvalue weighted by Gasteiger charge is -2.37. The van der Waals surface area contributed by atoms with E-state index in [9.17, 15) is 19.2 Å². The van der Waals surface area contributed by atoms with E-state index in [1.165, 1.54) is 0 Å². The number of hydrogen-bond donors (Lipinski definition) is 2. The minimum atomic E-state index is -0.636. The molecule has 0 aromatic carbocycles. The quantitative estimate of drug-likeness (QED) is 0.664. The van der Waals surface area contributed by atoms with Crippen molar-refractivity contribution in [2.24, 2.45) is 5.92 Å². The van der Waals surface area contributed by atoms with Gasteiger partial charge < -0.3 is 19.9 Å². The Kier molecular flexibility index (Phi) is 5.57. The fraction of sp³-hybridized carbons (Fsp3) is 0.778. The molecule has 3 heterocycles. The molecule has 0 saturated carbocycles. The monoisotopic (exact) mass is 380 g/mol. The summed E-state index contributed by atoms with van der Waals surface area (Å²) in [6.45, 7) is 6.62. The lowest BCUT2D eigenvalue weighted by Crippen LogP contribution is -2.49. The maximum absolute atomic E-state index is 12.4. The molecular formula is C18H28N4O5. The SMILES string of the molecule is CC(C)CCN1CC2(CCN(C(=O)CC[C@@H]3NC(=O)NC3=O)CC2)OC1=O. The van der Waals surface area contributed by atoms with E-state index >= 15 is 0 Å². The number of imide groups is 1. The number of amides is 5. The topological polar surface area (TPSA) is 108 Å². The summed E-state index contributed by atoms with van der Waals surface area (Å²) >= 11 is 0. The van der Waals surface area contributed by atoms with E-state index in [0.717, 1.165) is 6.42 Å². The van der Waals surface area contributed by atoms with Gasteiger partial charge in [-0.05, 0) is 18.8 Å². The third-order valence-electron chi connectivity index (χ3n) is 5.55. The van der Waals surface area contributed by atoms with Gasteiger partial charge in [0, 0.05) is 38.9 Å². The lowest BCUT2D eigenvalue weighted by molar-refractivity contribution is -0.134. The summed E-state index contributed by atoms with van der Waals surface area (Å²) in [7, 11) is 0. The fourth-order valence-electron chi connectivity index (χ4n) is 3.79. The molecule has 0 unspecified atom stereocenters. The zero-order valence-electron chi connectivity index (χ0n) is 16.0. The number of urea groups is 1. The number of ether oxygens (including phenoxy) is 1. The van der Waals surface area contributed by atoms with Crippen LogP contribution in [-0.4, -0.2) is 71.6 Å². The molecular weight excluding hydrogens is 352 g/mol. The van der Waals surface area contributed by atoms with E-state index in [1.54, 1.807) is 9.80 Å². The molecule has 3 fully saturated rings. The zero-order chi connectivity index (χ0) is 19.6. The molecule has 0 radical (unpaired) electrons. The lowest BCUT2D eigenvalue weighted by atomic mass is 9.91. The third-order valence-corrected chi connectivity index (χ3v) is 5.55. The van der Waals surface area contributed by atoms with Crippen molar-refractivity contribution in [1.82, 2.24) is 20.4 Å². The molecule has 0 bridgehead atoms. The highest BCUT2D eigenvalue weighted by Gasteiger charge is 2.47. The van der Waals surface area contributed by atoms with Crippen LogP contribution in [0.2, 0.25) is 0 Å². The summed E-state index contributed by atoms with van der Waals surface area (Å²) in [5.74, 6) is 0.102. The minimum Gasteiger partial charge on any atom is -0.441 e. The average Bonchev–Trinajstić information content (AvgIpc) is 3.09. The number of nitrogens with zero attached hydrogens (tertiary/aromatic N) is 2. The highest BCUT2D eigenvalue weighted by Crippen LogP contribution is 2.33. The van der Waals surface area contributed by atoms with Gasteiger partial charge >= 0.3 is 12.1 Å². The van der Waals surface area contributed by atoms with Gasteiger partial charge in [0.25, 0.3) is 5.91 Å². The van der Waals surface area contributed by atoms with Gasteiger partial charge in [0.2, 0.25) is 5.91 Å². The van der Waals surface area contributed by atoms with Crippen molar-refractivity contribution in [3.63, 3.8) is 0 Å². The number of nitrogens with one attached hydrogen (secondary N) is 2. The number of rotatable bonds is 6. The molecule has 9 heteroatoms. The number of piperidine rings is 1. The van der Waals surface area contributed by atoms with Crippen LogP contribution in [0.3, 0.4) is 0 Å². The van der Waals surface area contributed by atoms with Crippen molar-refractivity contribution >= 4 is 23.9 Å². The Labute approximate surface area is 158 Å². The Morgan fingerprint density at radius 2 is 1.96 bits per heavy atom. The first-order chi connectivity index (χ1) is 12.8. The van der Waals surface area contributed by atoms with Gasteiger partial charge in [0.05, 0.1) is 6.54 Å². The molecule has 0 aliphatic carbocycles. The first-order valence-corrected chi connectivity index (χ1v) is 9.65. The number of carbonyl (C=O) groups is 4. The van der Waals surface area contributed by atoms with Crippen molar-refractivity contribution in [3.05, 3.63) is 0 Å². The molecule has 3 rings (SSSR count). The summed E-state index contributed by atoms with van der Waals surface area (Å²) < 4.78 is 5.68. The Balaban J connectivity index is 1.44. The van der Waals surface area contributed by atoms with Crippen LogP contribution < -0.4 is 10.6 Å². The molecule has 1 spiro atoms. The van der Waals surface area contributed by atoms with Crippen LogP contribution in [0.5, 0.6) is 0 Å². The molecule has 3 aliphatic rings. The highest BCUT2D eigenvalue weighted by atomic mass is 16.6. The average molecular weight is 380 g/mol. The predicted molar refractivity (Wildman–Crippen MR) is 95.8 cm³/mol. The predicted octanol–water partition coefficient (Wildman–Crippen LogP) is 0.834. The van der Waals surface area contributed by atoms with E-state index in [1.807, 2.05) is 0 Å². The number of hydrogen-bond acceptors (Lipinski definition) is 5. The van der Waals surface area contributed by atoms with Crippen molar-refractivity contribution in [3.8, 4) is 0 Å². The van der Waals surface area contributed by atoms with Crippen molar-refractivity contribution in [2.75, 3.05) is 26.2 Å². The molecule has 150 valence electrons. The van der Waals surface area contributed by atoms with Crippen LogP contribution in [0.4, 0.5) is 9.59 Å². The van der Waals surface area contributed by atoms with Crippen molar-refractivity contribution in [1.29, 1.82) is 0 Å². The Morgan fingerprint density at radius 3 is 2.56 bits per heavy atom. The molecule has 1 atom stereocenters. The first-order valence-electron chi connectivity index (χ1n) is 9.65. The molecule has 2 N–H and O–H groups in total. The smallest absolute Gasteiger partial charge is 0.410 e. The zero-order valence-corrected chi connectivity index (χ0v) is 16.0. The Bertz CT molecular complexity index is 627. The maximum Gasteiger partial charge on any atom is 0.410 e. The van der Waals surface area contributed by atoms with Crippen molar-refractivity contribution in [2.45, 2.75) is 57.6 Å². The van der Waals surface area contributed by atoms with Gasteiger partial charge in [-0.25, -0.2) is 9.59 Å². The van der Waals surface area contributed by atoms with Gasteiger partial charge in [-0.1, -0.05) is 13.8 Å². The normalized spacial score (nSPS) is 24.4. The minimum absolute atomic E-state index is 0.0419. The van der Waals surface area contributed by atoms with Gasteiger partial charge in [0.1, 0.15) is 11.6 Å². The largest absolute Gasteiger partial charge is 0.441 e. The fourth-order valence-corrected chi connectivity index (χ4v) is 3.79. The van der Waals surface area contributed by atoms with Crippen LogP contribution in [-0.2, 0) is 14.3 Å². The van der Waals surface area contributed by atoms with Gasteiger partial charge in [-0.2, -0.15) is 0 Å². The van der Waals surface area contributed by atoms with Crippen LogP contribution in [0.1, 0.15) is 46.0 Å². The van der Waals surface area contributed by atoms with E-state index in [2.05, 4.69) is 24.5 Å². The molecule has 27 heavy (non-hydrogen) atoms. The van der Waals surface area contributed by atoms with Gasteiger partial charge in [0.15, 0.2) is 0 Å². The molecule has 9 nitrogen and oxygen atoms in total. The van der Waals surface area contributed by atoms with E-state index in [0.29, 0.717) is 44.9 Å². The second-order valence-electron chi connectivity index (χ2n) is 8.09. The molecule has 3 aliphatic heterocycles. The van der Waals surface area contributed by atoms with E-state index in [4.69, 9.17) is 4.74 Å². The second kappa shape index (κ2) is 7.74. The van der Waals surface area contributed by atoms with Crippen LogP contribution >= 0.6 is 0 Å². The Morgan fingerprint density at radius 1 is 1.26 bits per heavy atom. The first kappa shape index (κ1) is 19.4. The van der Waals surface area contributed by atoms with Crippen LogP contribution in [0.25, 0.3) is 0 Å². The van der Waals surface area contributed by atoms with Gasteiger partial charge in [-0.15, -0.1) is 0 Å². The van der Waals surface area contributed by atoms with Crippen LogP contribution in [0.15, 0.2) is 0 Å². The summed E-state index contributed by atoms with van der Waals surface area (Å²) in [4.78, 5) is 50.7. The van der Waals surface area contributed by atoms with Gasteiger partial charge in [-0.3, -0.25) is 14.9 Å². The number of carbonyl (C=O) groups excluding carboxylic acids is 4. The third kappa shape index (κ3) is 4.51. The highest BCUT2D eigenvalue weighted by molar-refractivity contribution is 6.04. The molecule has 0 aromatic heterocycles. The van der Waals surface area contributed by atoms with E-state index < -0.39 is 17.7 Å². The Hall–Kier alpha value is -2.32. The van der Waals surface area contributed by atoms with E-state index in [-0.39, 0.29) is 30.7 Å². The second-order valence-corrected chi connectivity index (χ2v) is 8.09. The molecule has 0 aromatic rings. The standard InChI is InChI=1S/C18H28N4O5/c1-12(2)5-8-22-11-18(27-17(22)26)6-9-21(10-7-18)14(23)4-3-13-15(24)20-16(25)19-13/h12-13H,3-11H2,1-2H3,(H2,19,20,24,25)/t13-/m0/s1. The summed E-state index contributed by atoms with van der Waals surface area (Å²) in [5, 5.41) is 4.66. The van der Waals surface area contributed by atoms with Crippen molar-refractivity contribution < 1.29 is 23.9 Å².